The monoisotopic (exact) mass is 444 g/mol. The molecule has 2 aromatic carbocycles. The van der Waals surface area contributed by atoms with Crippen LogP contribution in [-0.2, 0) is 9.59 Å². The van der Waals surface area contributed by atoms with Gasteiger partial charge in [0.05, 0.1) is 37.4 Å². The Balaban J connectivity index is 1.26. The molecule has 3 amide bonds. The van der Waals surface area contributed by atoms with Crippen molar-refractivity contribution in [1.82, 2.24) is 0 Å². The molecule has 4 aliphatic carbocycles. The summed E-state index contributed by atoms with van der Waals surface area (Å²) in [6.07, 6.45) is 5.43. The van der Waals surface area contributed by atoms with Crippen molar-refractivity contribution in [3.8, 4) is 11.5 Å². The van der Waals surface area contributed by atoms with Crippen LogP contribution in [0.15, 0.2) is 54.6 Å². The van der Waals surface area contributed by atoms with Gasteiger partial charge in [0.25, 0.3) is 5.91 Å². The minimum absolute atomic E-state index is 0.135. The van der Waals surface area contributed by atoms with E-state index in [4.69, 9.17) is 9.47 Å². The molecule has 0 spiro atoms. The smallest absolute Gasteiger partial charge is 0.255 e. The van der Waals surface area contributed by atoms with E-state index in [9.17, 15) is 14.4 Å². The van der Waals surface area contributed by atoms with Gasteiger partial charge in [0.1, 0.15) is 11.5 Å². The average Bonchev–Trinajstić information content (AvgIpc) is 3.62. The molecule has 1 heterocycles. The Morgan fingerprint density at radius 2 is 1.64 bits per heavy atom. The molecule has 0 aromatic heterocycles. The molecule has 168 valence electrons. The number of anilines is 2. The van der Waals surface area contributed by atoms with Crippen molar-refractivity contribution in [2.24, 2.45) is 35.5 Å². The summed E-state index contributed by atoms with van der Waals surface area (Å²) in [5, 5.41) is 2.84. The fourth-order valence-corrected chi connectivity index (χ4v) is 6.09. The number of ether oxygens (including phenoxy) is 2. The van der Waals surface area contributed by atoms with E-state index in [0.29, 0.717) is 40.3 Å². The number of hydrogen-bond donors (Lipinski definition) is 1. The third-order valence-corrected chi connectivity index (χ3v) is 7.69. The maximum absolute atomic E-state index is 13.4. The Kier molecular flexibility index (Phi) is 4.37. The van der Waals surface area contributed by atoms with Gasteiger partial charge in [0, 0.05) is 11.6 Å². The van der Waals surface area contributed by atoms with E-state index in [1.807, 2.05) is 0 Å². The summed E-state index contributed by atoms with van der Waals surface area (Å²) >= 11 is 0. The molecule has 6 atom stereocenters. The quantitative estimate of drug-likeness (QED) is 0.564. The lowest BCUT2D eigenvalue weighted by Crippen LogP contribution is -2.40. The van der Waals surface area contributed by atoms with E-state index in [0.717, 1.165) is 6.42 Å². The second-order valence-electron chi connectivity index (χ2n) is 9.24. The standard InChI is InChI=1S/C26H24N2O5/c1-32-15-6-9-20(21(11-15)33-2)27-24(29)13-4-3-5-14(10-13)28-25(30)22-16-7-8-17(19-12-18(16)19)23(22)26(28)31/h3-11,16-19,22-23H,12H2,1-2H3,(H,27,29)/t16-,17+,18-,19-,22+,23-/m1/s1. The van der Waals surface area contributed by atoms with E-state index in [1.165, 1.54) is 12.0 Å². The molecule has 3 fully saturated rings. The van der Waals surface area contributed by atoms with Gasteiger partial charge in [-0.15, -0.1) is 0 Å². The van der Waals surface area contributed by atoms with Gasteiger partial charge in [-0.3, -0.25) is 14.4 Å². The number of methoxy groups -OCH3 is 2. The largest absolute Gasteiger partial charge is 0.497 e. The molecule has 2 saturated carbocycles. The highest BCUT2D eigenvalue weighted by Gasteiger charge is 2.67. The fourth-order valence-electron chi connectivity index (χ4n) is 6.09. The maximum Gasteiger partial charge on any atom is 0.255 e. The van der Waals surface area contributed by atoms with Crippen molar-refractivity contribution in [3.05, 3.63) is 60.2 Å². The fraction of sp³-hybridized carbons (Fsp3) is 0.346. The van der Waals surface area contributed by atoms with Crippen LogP contribution in [-0.4, -0.2) is 31.9 Å². The van der Waals surface area contributed by atoms with Crippen molar-refractivity contribution in [2.75, 3.05) is 24.4 Å². The summed E-state index contributed by atoms with van der Waals surface area (Å²) in [5.41, 5.74) is 1.29. The Hall–Kier alpha value is -3.61. The van der Waals surface area contributed by atoms with Crippen LogP contribution < -0.4 is 19.7 Å². The number of carbonyl (C=O) groups excluding carboxylic acids is 3. The van der Waals surface area contributed by atoms with Crippen LogP contribution in [0, 0.1) is 35.5 Å². The first-order valence-corrected chi connectivity index (χ1v) is 11.2. The Morgan fingerprint density at radius 3 is 2.27 bits per heavy atom. The first kappa shape index (κ1) is 20.0. The van der Waals surface area contributed by atoms with Crippen LogP contribution in [0.1, 0.15) is 16.8 Å². The molecular formula is C26H24N2O5. The Bertz CT molecular complexity index is 1180. The molecular weight excluding hydrogens is 420 g/mol. The summed E-state index contributed by atoms with van der Waals surface area (Å²) in [6.45, 7) is 0. The van der Waals surface area contributed by atoms with Gasteiger partial charge in [0.2, 0.25) is 11.8 Å². The summed E-state index contributed by atoms with van der Waals surface area (Å²) in [4.78, 5) is 41.0. The number of benzene rings is 2. The molecule has 7 rings (SSSR count). The molecule has 2 bridgehead atoms. The third-order valence-electron chi connectivity index (χ3n) is 7.69. The van der Waals surface area contributed by atoms with Crippen LogP contribution in [0.3, 0.4) is 0 Å². The van der Waals surface area contributed by atoms with E-state index in [-0.39, 0.29) is 41.4 Å². The lowest BCUT2D eigenvalue weighted by molar-refractivity contribution is -0.124. The summed E-state index contributed by atoms with van der Waals surface area (Å²) in [5.74, 6) is 1.35. The van der Waals surface area contributed by atoms with Gasteiger partial charge in [-0.1, -0.05) is 18.2 Å². The molecule has 1 saturated heterocycles. The molecule has 0 unspecified atom stereocenters. The second-order valence-corrected chi connectivity index (χ2v) is 9.24. The van der Waals surface area contributed by atoms with Crippen molar-refractivity contribution in [2.45, 2.75) is 6.42 Å². The van der Waals surface area contributed by atoms with Crippen molar-refractivity contribution in [1.29, 1.82) is 0 Å². The van der Waals surface area contributed by atoms with Gasteiger partial charge >= 0.3 is 0 Å². The van der Waals surface area contributed by atoms with Gasteiger partial charge in [-0.25, -0.2) is 4.90 Å². The summed E-state index contributed by atoms with van der Waals surface area (Å²) < 4.78 is 10.5. The number of allylic oxidation sites excluding steroid dienone is 2. The minimum Gasteiger partial charge on any atom is -0.497 e. The topological polar surface area (TPSA) is 84.9 Å². The number of nitrogens with one attached hydrogen (secondary N) is 1. The van der Waals surface area contributed by atoms with Crippen molar-refractivity contribution < 1.29 is 23.9 Å². The maximum atomic E-state index is 13.4. The molecule has 5 aliphatic rings. The van der Waals surface area contributed by atoms with Gasteiger partial charge in [-0.2, -0.15) is 0 Å². The zero-order chi connectivity index (χ0) is 22.9. The van der Waals surface area contributed by atoms with Crippen molar-refractivity contribution >= 4 is 29.1 Å². The highest BCUT2D eigenvalue weighted by atomic mass is 16.5. The van der Waals surface area contributed by atoms with Crippen molar-refractivity contribution in [3.63, 3.8) is 0 Å². The number of rotatable bonds is 5. The van der Waals surface area contributed by atoms with E-state index in [2.05, 4.69) is 17.5 Å². The number of carbonyl (C=O) groups is 3. The van der Waals surface area contributed by atoms with E-state index in [1.54, 1.807) is 49.6 Å². The lowest BCUT2D eigenvalue weighted by Gasteiger charge is -2.37. The zero-order valence-electron chi connectivity index (χ0n) is 18.4. The van der Waals surface area contributed by atoms with Crippen LogP contribution >= 0.6 is 0 Å². The molecule has 2 aromatic rings. The van der Waals surface area contributed by atoms with E-state index < -0.39 is 0 Å². The predicted molar refractivity (Wildman–Crippen MR) is 121 cm³/mol. The van der Waals surface area contributed by atoms with Gasteiger partial charge in [-0.05, 0) is 60.4 Å². The molecule has 1 aliphatic heterocycles. The third kappa shape index (κ3) is 2.91. The molecule has 0 radical (unpaired) electrons. The highest BCUT2D eigenvalue weighted by Crippen LogP contribution is 2.65. The number of amides is 3. The minimum atomic E-state index is -0.361. The number of imide groups is 1. The Labute approximate surface area is 191 Å². The van der Waals surface area contributed by atoms with Crippen LogP contribution in [0.5, 0.6) is 11.5 Å². The lowest BCUT2D eigenvalue weighted by atomic mass is 9.63. The normalized spacial score (nSPS) is 30.7. The SMILES string of the molecule is COc1ccc(NC(=O)c2cccc(N3C(=O)[C@@H]4[C@H]5C=C[C@H]([C@H]6C[C@H]56)[C@@H]4C3=O)c2)c(OC)c1. The predicted octanol–water partition coefficient (Wildman–Crippen LogP) is 3.51. The second kappa shape index (κ2) is 7.20. The molecule has 7 heteroatoms. The molecule has 33 heavy (non-hydrogen) atoms. The molecule has 7 nitrogen and oxygen atoms in total. The Morgan fingerprint density at radius 1 is 0.939 bits per heavy atom. The number of nitrogens with zero attached hydrogens (tertiary/aromatic N) is 1. The first-order chi connectivity index (χ1) is 16.0. The summed E-state index contributed by atoms with van der Waals surface area (Å²) in [7, 11) is 3.07. The number of hydrogen-bond acceptors (Lipinski definition) is 5. The summed E-state index contributed by atoms with van der Waals surface area (Å²) in [6, 6.07) is 11.8. The van der Waals surface area contributed by atoms with Crippen LogP contribution in [0.4, 0.5) is 11.4 Å². The average molecular weight is 444 g/mol. The zero-order valence-corrected chi connectivity index (χ0v) is 18.4. The van der Waals surface area contributed by atoms with Crippen LogP contribution in [0.25, 0.3) is 0 Å². The molecule has 1 N–H and O–H groups in total. The van der Waals surface area contributed by atoms with Gasteiger partial charge in [0.15, 0.2) is 0 Å². The highest BCUT2D eigenvalue weighted by molar-refractivity contribution is 6.23. The van der Waals surface area contributed by atoms with E-state index >= 15 is 0 Å². The van der Waals surface area contributed by atoms with Gasteiger partial charge < -0.3 is 14.8 Å². The van der Waals surface area contributed by atoms with Crippen LogP contribution in [0.2, 0.25) is 0 Å². The first-order valence-electron chi connectivity index (χ1n) is 11.2.